The summed E-state index contributed by atoms with van der Waals surface area (Å²) in [4.78, 5) is 29.3. The monoisotopic (exact) mass is 541 g/mol. The van der Waals surface area contributed by atoms with Gasteiger partial charge < -0.3 is 29.4 Å². The molecule has 1 N–H and O–H groups in total. The third-order valence-corrected chi connectivity index (χ3v) is 8.62. The minimum absolute atomic E-state index is 0.157. The molecule has 1 aromatic heterocycles. The second-order valence-corrected chi connectivity index (χ2v) is 11.0. The number of benzene rings is 2. The molecule has 208 valence electrons. The molecule has 10 nitrogen and oxygen atoms in total. The summed E-state index contributed by atoms with van der Waals surface area (Å²) in [6.45, 7) is 4.55. The van der Waals surface area contributed by atoms with Gasteiger partial charge >= 0.3 is 6.09 Å². The van der Waals surface area contributed by atoms with E-state index in [4.69, 9.17) is 9.72 Å². The fourth-order valence-corrected chi connectivity index (χ4v) is 6.43. The highest BCUT2D eigenvalue weighted by Crippen LogP contribution is 2.40. The maximum atomic E-state index is 11.7. The van der Waals surface area contributed by atoms with Gasteiger partial charge in [-0.25, -0.2) is 14.8 Å². The van der Waals surface area contributed by atoms with Gasteiger partial charge in [-0.15, -0.1) is 0 Å². The van der Waals surface area contributed by atoms with Crippen LogP contribution in [0.1, 0.15) is 30.5 Å². The van der Waals surface area contributed by atoms with E-state index >= 15 is 0 Å². The lowest BCUT2D eigenvalue weighted by Gasteiger charge is -2.41. The molecule has 0 radical (unpaired) electrons. The molecule has 0 bridgehead atoms. The first-order valence-electron chi connectivity index (χ1n) is 14.1. The number of nitrogens with zero attached hydrogens (tertiary/aromatic N) is 7. The van der Waals surface area contributed by atoms with Crippen molar-refractivity contribution in [2.24, 2.45) is 0 Å². The molecular weight excluding hydrogens is 506 g/mol. The summed E-state index contributed by atoms with van der Waals surface area (Å²) < 4.78 is 6.52. The average molecular weight is 542 g/mol. The fourth-order valence-electron chi connectivity index (χ4n) is 6.43. The van der Waals surface area contributed by atoms with Gasteiger partial charge in [-0.05, 0) is 44.3 Å². The van der Waals surface area contributed by atoms with Crippen LogP contribution in [0.2, 0.25) is 0 Å². The Morgan fingerprint density at radius 1 is 1.10 bits per heavy atom. The van der Waals surface area contributed by atoms with Crippen molar-refractivity contribution in [3.8, 4) is 11.8 Å². The number of piperazine rings is 1. The summed E-state index contributed by atoms with van der Waals surface area (Å²) in [5.41, 5.74) is 3.19. The number of ether oxygens (including phenoxy) is 1. The van der Waals surface area contributed by atoms with Crippen LogP contribution in [0, 0.1) is 11.3 Å². The van der Waals surface area contributed by atoms with E-state index in [9.17, 15) is 15.2 Å². The van der Waals surface area contributed by atoms with Crippen molar-refractivity contribution in [3.63, 3.8) is 0 Å². The number of carbonyl (C=O) groups is 1. The molecule has 3 aliphatic rings. The summed E-state index contributed by atoms with van der Waals surface area (Å²) in [6, 6.07) is 14.9. The van der Waals surface area contributed by atoms with Gasteiger partial charge in [0, 0.05) is 43.2 Å². The van der Waals surface area contributed by atoms with E-state index in [1.165, 1.54) is 22.1 Å². The Morgan fingerprint density at radius 3 is 2.77 bits per heavy atom. The molecule has 2 saturated heterocycles. The van der Waals surface area contributed by atoms with Gasteiger partial charge in [0.15, 0.2) is 0 Å². The van der Waals surface area contributed by atoms with Gasteiger partial charge in [0.1, 0.15) is 24.5 Å². The zero-order valence-corrected chi connectivity index (χ0v) is 22.9. The highest BCUT2D eigenvalue weighted by Gasteiger charge is 2.33. The first-order chi connectivity index (χ1) is 19.5. The number of anilines is 2. The summed E-state index contributed by atoms with van der Waals surface area (Å²) in [7, 11) is 2.17. The molecule has 1 unspecified atom stereocenters. The number of likely N-dealkylation sites (tertiary alicyclic amines) is 1. The second-order valence-electron chi connectivity index (χ2n) is 11.0. The molecule has 0 aliphatic carbocycles. The molecule has 3 aromatic rings. The van der Waals surface area contributed by atoms with Crippen LogP contribution in [0.15, 0.2) is 42.7 Å². The quantitative estimate of drug-likeness (QED) is 0.499. The third kappa shape index (κ3) is 4.97. The van der Waals surface area contributed by atoms with Gasteiger partial charge in [0.25, 0.3) is 0 Å². The van der Waals surface area contributed by atoms with E-state index in [2.05, 4.69) is 69.2 Å². The smallest absolute Gasteiger partial charge is 0.407 e. The van der Waals surface area contributed by atoms with Crippen molar-refractivity contribution in [2.75, 3.05) is 56.2 Å². The Hall–Kier alpha value is -4.10. The molecule has 40 heavy (non-hydrogen) atoms. The Balaban J connectivity index is 1.28. The van der Waals surface area contributed by atoms with Crippen molar-refractivity contribution in [3.05, 3.63) is 54.0 Å². The first kappa shape index (κ1) is 26.1. The summed E-state index contributed by atoms with van der Waals surface area (Å²) >= 11 is 0. The number of nitriles is 1. The Morgan fingerprint density at radius 2 is 1.98 bits per heavy atom. The van der Waals surface area contributed by atoms with E-state index in [1.807, 2.05) is 0 Å². The van der Waals surface area contributed by atoms with Gasteiger partial charge in [0.05, 0.1) is 36.5 Å². The highest BCUT2D eigenvalue weighted by atomic mass is 16.5. The summed E-state index contributed by atoms with van der Waals surface area (Å²) in [6.07, 6.45) is 3.92. The Bertz CT molecular complexity index is 1440. The zero-order chi connectivity index (χ0) is 27.6. The van der Waals surface area contributed by atoms with Gasteiger partial charge in [-0.2, -0.15) is 5.26 Å². The number of aromatic nitrogens is 2. The lowest BCUT2D eigenvalue weighted by molar-refractivity contribution is 0.119. The van der Waals surface area contributed by atoms with Crippen LogP contribution in [0.25, 0.3) is 10.8 Å². The fraction of sp³-hybridized carbons (Fsp3) is 0.467. The third-order valence-electron chi connectivity index (χ3n) is 8.62. The number of rotatable bonds is 6. The molecule has 0 saturated carbocycles. The molecule has 10 heteroatoms. The molecular formula is C30H35N7O3. The molecule has 4 heterocycles. The van der Waals surface area contributed by atoms with Crippen LogP contribution in [0.4, 0.5) is 16.3 Å². The van der Waals surface area contributed by atoms with Crippen LogP contribution >= 0.6 is 0 Å². The lowest BCUT2D eigenvalue weighted by Crippen LogP contribution is -2.55. The second kappa shape index (κ2) is 11.2. The maximum absolute atomic E-state index is 11.7. The minimum Gasteiger partial charge on any atom is -0.490 e. The van der Waals surface area contributed by atoms with E-state index < -0.39 is 6.09 Å². The largest absolute Gasteiger partial charge is 0.490 e. The van der Waals surface area contributed by atoms with Gasteiger partial charge in [-0.3, -0.25) is 0 Å². The van der Waals surface area contributed by atoms with Crippen molar-refractivity contribution < 1.29 is 14.6 Å². The SMILES string of the molecule is CN1CCC[C@H]1COc1ccc2ccccc2c1N1CCc2c(ncnc2N2CCN(C(=O)O)C(CC#N)C2)C1. The summed E-state index contributed by atoms with van der Waals surface area (Å²) in [5.74, 6) is 1.76. The van der Waals surface area contributed by atoms with Gasteiger partial charge in [-0.1, -0.05) is 30.3 Å². The van der Waals surface area contributed by atoms with Crippen LogP contribution in [0.5, 0.6) is 5.75 Å². The first-order valence-corrected chi connectivity index (χ1v) is 14.1. The number of hydrogen-bond donors (Lipinski definition) is 1. The van der Waals surface area contributed by atoms with Crippen LogP contribution in [-0.2, 0) is 13.0 Å². The predicted molar refractivity (Wildman–Crippen MR) is 153 cm³/mol. The summed E-state index contributed by atoms with van der Waals surface area (Å²) in [5, 5.41) is 21.2. The molecule has 2 fully saturated rings. The molecule has 1 amide bonds. The van der Waals surface area contributed by atoms with E-state index in [1.54, 1.807) is 6.33 Å². The number of hydrogen-bond acceptors (Lipinski definition) is 8. The average Bonchev–Trinajstić information content (AvgIpc) is 3.39. The van der Waals surface area contributed by atoms with E-state index in [0.29, 0.717) is 38.8 Å². The number of amides is 1. The Labute approximate surface area is 234 Å². The lowest BCUT2D eigenvalue weighted by atomic mass is 10.0. The minimum atomic E-state index is -0.979. The van der Waals surface area contributed by atoms with E-state index in [-0.39, 0.29) is 12.5 Å². The molecule has 3 aliphatic heterocycles. The molecule has 6 rings (SSSR count). The van der Waals surface area contributed by atoms with Crippen LogP contribution < -0.4 is 14.5 Å². The van der Waals surface area contributed by atoms with Crippen molar-refractivity contribution in [2.45, 2.75) is 44.3 Å². The normalized spacial score (nSPS) is 21.4. The Kier molecular flexibility index (Phi) is 7.30. The van der Waals surface area contributed by atoms with E-state index in [0.717, 1.165) is 54.4 Å². The standard InChI is InChI=1S/C30H35N7O3/c1-34-13-4-6-23(34)19-40-27-9-8-21-5-2-3-7-24(21)28(27)35-14-11-25-26(18-35)32-20-33-29(25)36-15-16-37(30(38)39)22(17-36)10-12-31/h2-3,5,7-9,20,22-23H,4,6,10-11,13-19H2,1H3,(H,38,39)/t22?,23-/m0/s1. The number of likely N-dealkylation sites (N-methyl/N-ethyl adjacent to an activating group) is 1. The topological polar surface area (TPSA) is 109 Å². The molecule has 2 aromatic carbocycles. The number of carboxylic acid groups (broad SMARTS) is 1. The predicted octanol–water partition coefficient (Wildman–Crippen LogP) is 3.75. The molecule has 2 atom stereocenters. The highest BCUT2D eigenvalue weighted by molar-refractivity contribution is 5.97. The number of fused-ring (bicyclic) bond motifs is 2. The molecule has 0 spiro atoms. The van der Waals surface area contributed by atoms with Gasteiger partial charge in [0.2, 0.25) is 0 Å². The van der Waals surface area contributed by atoms with Crippen LogP contribution in [-0.4, -0.2) is 89.4 Å². The van der Waals surface area contributed by atoms with Crippen LogP contribution in [0.3, 0.4) is 0 Å². The van der Waals surface area contributed by atoms with Crippen molar-refractivity contribution in [1.82, 2.24) is 19.8 Å². The van der Waals surface area contributed by atoms with Crippen molar-refractivity contribution in [1.29, 1.82) is 5.26 Å². The maximum Gasteiger partial charge on any atom is 0.407 e. The van der Waals surface area contributed by atoms with Crippen molar-refractivity contribution >= 4 is 28.4 Å². The zero-order valence-electron chi connectivity index (χ0n) is 22.9.